The summed E-state index contributed by atoms with van der Waals surface area (Å²) in [5.74, 6) is 0.117. The molecule has 1 aromatic heterocycles. The van der Waals surface area contributed by atoms with Crippen molar-refractivity contribution in [2.45, 2.75) is 26.3 Å². The van der Waals surface area contributed by atoms with Crippen LogP contribution in [0.5, 0.6) is 5.75 Å². The molecule has 0 saturated carbocycles. The summed E-state index contributed by atoms with van der Waals surface area (Å²) in [6.45, 7) is 4.17. The summed E-state index contributed by atoms with van der Waals surface area (Å²) in [5, 5.41) is 3.79. The molecule has 0 aliphatic heterocycles. The molecule has 0 saturated heterocycles. The smallest absolute Gasteiger partial charge is 0.263 e. The number of aryl methyl sites for hydroxylation is 1. The van der Waals surface area contributed by atoms with Crippen LogP contribution in [0.4, 0.5) is 4.39 Å². The minimum Gasteiger partial charge on any atom is -0.491 e. The third-order valence-corrected chi connectivity index (χ3v) is 3.91. The van der Waals surface area contributed by atoms with Crippen molar-refractivity contribution < 1.29 is 13.9 Å². The van der Waals surface area contributed by atoms with E-state index < -0.39 is 0 Å². The Morgan fingerprint density at radius 3 is 2.76 bits per heavy atom. The number of amides is 1. The molecule has 1 heterocycles. The van der Waals surface area contributed by atoms with Crippen molar-refractivity contribution in [2.24, 2.45) is 0 Å². The van der Waals surface area contributed by atoms with Gasteiger partial charge in [-0.1, -0.05) is 6.92 Å². The van der Waals surface area contributed by atoms with Crippen LogP contribution in [0.3, 0.4) is 0 Å². The summed E-state index contributed by atoms with van der Waals surface area (Å²) >= 11 is 1.39. The lowest BCUT2D eigenvalue weighted by molar-refractivity contribution is 0.0930. The fraction of sp³-hybridized carbons (Fsp3) is 0.333. The Morgan fingerprint density at radius 2 is 2.14 bits per heavy atom. The number of aromatic nitrogens is 1. The molecule has 4 nitrogen and oxygen atoms in total. The summed E-state index contributed by atoms with van der Waals surface area (Å²) in [6, 6.07) is 5.63. The Labute approximate surface area is 127 Å². The highest BCUT2D eigenvalue weighted by molar-refractivity contribution is 7.13. The van der Waals surface area contributed by atoms with Crippen molar-refractivity contribution in [1.82, 2.24) is 10.3 Å². The maximum absolute atomic E-state index is 12.8. The van der Waals surface area contributed by atoms with Crippen molar-refractivity contribution in [3.8, 4) is 5.75 Å². The average molecular weight is 308 g/mol. The Morgan fingerprint density at radius 1 is 1.43 bits per heavy atom. The van der Waals surface area contributed by atoms with E-state index in [0.717, 1.165) is 11.4 Å². The number of hydrogen-bond acceptors (Lipinski definition) is 4. The number of nitrogens with one attached hydrogen (secondary N) is 1. The molecule has 0 fully saturated rings. The summed E-state index contributed by atoms with van der Waals surface area (Å²) < 4.78 is 18.3. The van der Waals surface area contributed by atoms with Gasteiger partial charge in [0, 0.05) is 0 Å². The number of benzene rings is 1. The normalized spacial score (nSPS) is 12.0. The predicted molar refractivity (Wildman–Crippen MR) is 80.3 cm³/mol. The molecular weight excluding hydrogens is 291 g/mol. The summed E-state index contributed by atoms with van der Waals surface area (Å²) in [4.78, 5) is 16.7. The second-order valence-corrected chi connectivity index (χ2v) is 5.73. The summed E-state index contributed by atoms with van der Waals surface area (Å²) in [5.41, 5.74) is 0. The van der Waals surface area contributed by atoms with E-state index >= 15 is 0 Å². The molecule has 1 aromatic carbocycles. The van der Waals surface area contributed by atoms with Crippen LogP contribution in [-0.4, -0.2) is 23.5 Å². The number of nitrogens with zero attached hydrogens (tertiary/aromatic N) is 1. The van der Waals surface area contributed by atoms with Gasteiger partial charge in [-0.2, -0.15) is 0 Å². The van der Waals surface area contributed by atoms with Gasteiger partial charge in [-0.05, 0) is 37.6 Å². The van der Waals surface area contributed by atoms with Crippen molar-refractivity contribution >= 4 is 17.2 Å². The second kappa shape index (κ2) is 7.17. The molecule has 0 radical (unpaired) electrons. The van der Waals surface area contributed by atoms with Crippen LogP contribution in [0.25, 0.3) is 0 Å². The molecule has 0 spiro atoms. The maximum Gasteiger partial charge on any atom is 0.263 e. The van der Waals surface area contributed by atoms with E-state index in [1.807, 2.05) is 13.8 Å². The van der Waals surface area contributed by atoms with Gasteiger partial charge in [0.05, 0.1) is 17.2 Å². The molecule has 1 unspecified atom stereocenters. The number of carbonyl (C=O) groups excluding carboxylic acids is 1. The Kier molecular flexibility index (Phi) is 5.27. The van der Waals surface area contributed by atoms with E-state index in [1.165, 1.54) is 23.5 Å². The molecule has 21 heavy (non-hydrogen) atoms. The summed E-state index contributed by atoms with van der Waals surface area (Å²) in [7, 11) is 0. The van der Waals surface area contributed by atoms with Crippen molar-refractivity contribution in [1.29, 1.82) is 0 Å². The van der Waals surface area contributed by atoms with Crippen LogP contribution in [0, 0.1) is 5.82 Å². The largest absolute Gasteiger partial charge is 0.491 e. The second-order valence-electron chi connectivity index (χ2n) is 4.61. The van der Waals surface area contributed by atoms with E-state index in [-0.39, 0.29) is 17.8 Å². The molecule has 1 N–H and O–H groups in total. The van der Waals surface area contributed by atoms with Gasteiger partial charge in [0.25, 0.3) is 5.91 Å². The molecule has 1 amide bonds. The van der Waals surface area contributed by atoms with Gasteiger partial charge in [0.2, 0.25) is 0 Å². The van der Waals surface area contributed by atoms with E-state index in [4.69, 9.17) is 4.74 Å². The number of carbonyl (C=O) groups is 1. The van der Waals surface area contributed by atoms with Crippen LogP contribution in [0.2, 0.25) is 0 Å². The van der Waals surface area contributed by atoms with Crippen LogP contribution < -0.4 is 10.1 Å². The Bertz CT molecular complexity index is 598. The molecule has 2 aromatic rings. The lowest BCUT2D eigenvalue weighted by Crippen LogP contribution is -2.36. The molecule has 0 aliphatic carbocycles. The van der Waals surface area contributed by atoms with E-state index in [1.54, 1.807) is 18.3 Å². The fourth-order valence-corrected chi connectivity index (χ4v) is 2.43. The van der Waals surface area contributed by atoms with E-state index in [2.05, 4.69) is 10.3 Å². The molecule has 6 heteroatoms. The molecule has 112 valence electrons. The fourth-order valence-electron chi connectivity index (χ4n) is 1.67. The Balaban J connectivity index is 1.82. The topological polar surface area (TPSA) is 51.2 Å². The van der Waals surface area contributed by atoms with Gasteiger partial charge < -0.3 is 10.1 Å². The van der Waals surface area contributed by atoms with Gasteiger partial charge >= 0.3 is 0 Å². The first kappa shape index (κ1) is 15.4. The lowest BCUT2D eigenvalue weighted by Gasteiger charge is -2.14. The van der Waals surface area contributed by atoms with Gasteiger partial charge in [-0.3, -0.25) is 4.79 Å². The number of thiazole rings is 1. The highest BCUT2D eigenvalue weighted by Gasteiger charge is 2.13. The maximum atomic E-state index is 12.8. The molecule has 1 atom stereocenters. The van der Waals surface area contributed by atoms with Crippen LogP contribution in [0.15, 0.2) is 30.5 Å². The van der Waals surface area contributed by atoms with Crippen LogP contribution in [-0.2, 0) is 6.42 Å². The van der Waals surface area contributed by atoms with Crippen molar-refractivity contribution in [3.63, 3.8) is 0 Å². The Hall–Kier alpha value is -1.95. The number of rotatable bonds is 6. The highest BCUT2D eigenvalue weighted by atomic mass is 32.1. The highest BCUT2D eigenvalue weighted by Crippen LogP contribution is 2.14. The van der Waals surface area contributed by atoms with Crippen molar-refractivity contribution in [2.75, 3.05) is 6.61 Å². The van der Waals surface area contributed by atoms with Crippen molar-refractivity contribution in [3.05, 3.63) is 46.2 Å². The third-order valence-electron chi connectivity index (χ3n) is 2.77. The zero-order valence-corrected chi connectivity index (χ0v) is 12.7. The predicted octanol–water partition coefficient (Wildman–Crippen LogP) is 3.04. The van der Waals surface area contributed by atoms with Crippen LogP contribution >= 0.6 is 11.3 Å². The minimum absolute atomic E-state index is 0.151. The minimum atomic E-state index is -0.305. The standard InChI is InChI=1S/C15H17FN2O2S/c1-3-14-17-8-13(21-14)15(19)18-10(2)9-20-12-6-4-11(16)5-7-12/h4-8,10H,3,9H2,1-2H3,(H,18,19). The monoisotopic (exact) mass is 308 g/mol. The number of hydrogen-bond donors (Lipinski definition) is 1. The third kappa shape index (κ3) is 4.53. The van der Waals surface area contributed by atoms with Crippen LogP contribution in [0.1, 0.15) is 28.5 Å². The first-order valence-electron chi connectivity index (χ1n) is 6.72. The first-order chi connectivity index (χ1) is 10.1. The zero-order valence-electron chi connectivity index (χ0n) is 11.9. The van der Waals surface area contributed by atoms with E-state index in [0.29, 0.717) is 17.2 Å². The quantitative estimate of drug-likeness (QED) is 0.892. The zero-order chi connectivity index (χ0) is 15.2. The lowest BCUT2D eigenvalue weighted by atomic mass is 10.3. The number of halogens is 1. The molecule has 2 rings (SSSR count). The van der Waals surface area contributed by atoms with Gasteiger partial charge in [0.15, 0.2) is 0 Å². The van der Waals surface area contributed by atoms with E-state index in [9.17, 15) is 9.18 Å². The SMILES string of the molecule is CCc1ncc(C(=O)NC(C)COc2ccc(F)cc2)s1. The summed E-state index contributed by atoms with van der Waals surface area (Å²) in [6.07, 6.45) is 2.41. The van der Waals surface area contributed by atoms with Gasteiger partial charge in [-0.15, -0.1) is 11.3 Å². The number of ether oxygens (including phenoxy) is 1. The average Bonchev–Trinajstić information content (AvgIpc) is 2.96. The molecule has 0 aliphatic rings. The van der Waals surface area contributed by atoms with Gasteiger partial charge in [0.1, 0.15) is 23.1 Å². The molecule has 0 bridgehead atoms. The molecular formula is C15H17FN2O2S. The van der Waals surface area contributed by atoms with Gasteiger partial charge in [-0.25, -0.2) is 9.37 Å². The first-order valence-corrected chi connectivity index (χ1v) is 7.54.